The summed E-state index contributed by atoms with van der Waals surface area (Å²) >= 11 is 0. The third kappa shape index (κ3) is 4.32. The molecule has 4 nitrogen and oxygen atoms in total. The van der Waals surface area contributed by atoms with E-state index in [1.54, 1.807) is 6.07 Å². The van der Waals surface area contributed by atoms with E-state index < -0.39 is 0 Å². The third-order valence-corrected chi connectivity index (χ3v) is 3.55. The summed E-state index contributed by atoms with van der Waals surface area (Å²) in [5.74, 6) is 5.64. The van der Waals surface area contributed by atoms with Crippen LogP contribution in [0.1, 0.15) is 42.1 Å². The average molecular weight is 287 g/mol. The fraction of sp³-hybridized carbons (Fsp3) is 0.471. The van der Waals surface area contributed by atoms with Gasteiger partial charge in [-0.3, -0.25) is 4.79 Å². The summed E-state index contributed by atoms with van der Waals surface area (Å²) < 4.78 is 5.67. The van der Waals surface area contributed by atoms with E-state index in [1.165, 1.54) is 0 Å². The molecule has 1 heterocycles. The molecule has 1 aliphatic rings. The van der Waals surface area contributed by atoms with Gasteiger partial charge in [0.1, 0.15) is 0 Å². The molecule has 2 rings (SSSR count). The van der Waals surface area contributed by atoms with Crippen molar-refractivity contribution in [3.05, 3.63) is 35.4 Å². The Labute approximate surface area is 125 Å². The van der Waals surface area contributed by atoms with Gasteiger partial charge in [0, 0.05) is 25.1 Å². The molecule has 0 aromatic heterocycles. The first-order chi connectivity index (χ1) is 10.1. The lowest BCUT2D eigenvalue weighted by Crippen LogP contribution is -2.40. The quantitative estimate of drug-likeness (QED) is 0.829. The van der Waals surface area contributed by atoms with Crippen LogP contribution in [-0.2, 0) is 4.74 Å². The fourth-order valence-electron chi connectivity index (χ4n) is 2.34. The Kier molecular flexibility index (Phi) is 5.38. The van der Waals surface area contributed by atoms with Gasteiger partial charge in [-0.1, -0.05) is 24.0 Å². The van der Waals surface area contributed by atoms with Gasteiger partial charge in [0.15, 0.2) is 0 Å². The monoisotopic (exact) mass is 287 g/mol. The summed E-state index contributed by atoms with van der Waals surface area (Å²) in [6, 6.07) is 7.24. The van der Waals surface area contributed by atoms with Crippen LogP contribution >= 0.6 is 0 Å². The van der Waals surface area contributed by atoms with Gasteiger partial charge in [-0.05, 0) is 31.9 Å². The number of amides is 1. The van der Waals surface area contributed by atoms with E-state index in [0.29, 0.717) is 24.1 Å². The first kappa shape index (κ1) is 15.6. The number of rotatable bonds is 4. The zero-order valence-electron chi connectivity index (χ0n) is 12.3. The molecule has 21 heavy (non-hydrogen) atoms. The SMILES string of the molecule is CC1(CNC(=O)c2ccccc2C#CCCO)CCCO1. The molecule has 0 saturated carbocycles. The Morgan fingerprint density at radius 3 is 3.00 bits per heavy atom. The van der Waals surface area contributed by atoms with Crippen LogP contribution in [0.15, 0.2) is 24.3 Å². The van der Waals surface area contributed by atoms with E-state index in [1.807, 2.05) is 25.1 Å². The van der Waals surface area contributed by atoms with E-state index in [0.717, 1.165) is 19.4 Å². The first-order valence-corrected chi connectivity index (χ1v) is 7.25. The summed E-state index contributed by atoms with van der Waals surface area (Å²) in [5, 5.41) is 11.7. The van der Waals surface area contributed by atoms with Crippen LogP contribution < -0.4 is 5.32 Å². The lowest BCUT2D eigenvalue weighted by molar-refractivity contribution is 0.0206. The van der Waals surface area contributed by atoms with E-state index in [4.69, 9.17) is 9.84 Å². The van der Waals surface area contributed by atoms with Crippen molar-refractivity contribution in [2.45, 2.75) is 31.8 Å². The maximum atomic E-state index is 12.3. The minimum Gasteiger partial charge on any atom is -0.395 e. The van der Waals surface area contributed by atoms with E-state index >= 15 is 0 Å². The minimum atomic E-state index is -0.257. The number of carbonyl (C=O) groups is 1. The molecule has 0 spiro atoms. The van der Waals surface area contributed by atoms with Gasteiger partial charge in [-0.2, -0.15) is 0 Å². The molecule has 1 fully saturated rings. The highest BCUT2D eigenvalue weighted by molar-refractivity contribution is 5.96. The number of benzene rings is 1. The Hall–Kier alpha value is -1.83. The number of carbonyl (C=O) groups excluding carboxylic acids is 1. The van der Waals surface area contributed by atoms with Gasteiger partial charge in [0.05, 0.1) is 17.8 Å². The average Bonchev–Trinajstić information content (AvgIpc) is 2.93. The predicted molar refractivity (Wildman–Crippen MR) is 80.9 cm³/mol. The van der Waals surface area contributed by atoms with E-state index in [-0.39, 0.29) is 18.1 Å². The molecular formula is C17H21NO3. The number of nitrogens with one attached hydrogen (secondary N) is 1. The number of aliphatic hydroxyl groups excluding tert-OH is 1. The lowest BCUT2D eigenvalue weighted by Gasteiger charge is -2.23. The largest absolute Gasteiger partial charge is 0.395 e. The van der Waals surface area contributed by atoms with Crippen molar-refractivity contribution < 1.29 is 14.6 Å². The van der Waals surface area contributed by atoms with Crippen molar-refractivity contribution in [3.63, 3.8) is 0 Å². The van der Waals surface area contributed by atoms with Crippen molar-refractivity contribution in [2.75, 3.05) is 19.8 Å². The molecule has 1 aromatic rings. The normalized spacial score (nSPS) is 20.7. The zero-order valence-corrected chi connectivity index (χ0v) is 12.3. The van der Waals surface area contributed by atoms with Crippen LogP contribution in [0.3, 0.4) is 0 Å². The van der Waals surface area contributed by atoms with Crippen molar-refractivity contribution in [1.82, 2.24) is 5.32 Å². The molecule has 1 atom stereocenters. The number of hydrogen-bond donors (Lipinski definition) is 2. The molecule has 2 N–H and O–H groups in total. The van der Waals surface area contributed by atoms with Crippen molar-refractivity contribution in [1.29, 1.82) is 0 Å². The first-order valence-electron chi connectivity index (χ1n) is 7.25. The summed E-state index contributed by atoms with van der Waals surface area (Å²) in [4.78, 5) is 12.3. The highest BCUT2D eigenvalue weighted by Crippen LogP contribution is 2.24. The Balaban J connectivity index is 2.03. The summed E-state index contributed by atoms with van der Waals surface area (Å²) in [7, 11) is 0. The van der Waals surface area contributed by atoms with Crippen LogP contribution in [0.5, 0.6) is 0 Å². The molecule has 0 aliphatic carbocycles. The van der Waals surface area contributed by atoms with Crippen LogP contribution in [0.4, 0.5) is 0 Å². The highest BCUT2D eigenvalue weighted by atomic mass is 16.5. The maximum absolute atomic E-state index is 12.3. The van der Waals surface area contributed by atoms with Gasteiger partial charge in [-0.25, -0.2) is 0 Å². The second-order valence-electron chi connectivity index (χ2n) is 5.41. The Bertz CT molecular complexity index is 551. The van der Waals surface area contributed by atoms with Gasteiger partial charge >= 0.3 is 0 Å². The predicted octanol–water partition coefficient (Wildman–Crippen LogP) is 1.72. The third-order valence-electron chi connectivity index (χ3n) is 3.55. The molecule has 1 aliphatic heterocycles. The fourth-order valence-corrected chi connectivity index (χ4v) is 2.34. The van der Waals surface area contributed by atoms with Crippen LogP contribution in [0.2, 0.25) is 0 Å². The molecular weight excluding hydrogens is 266 g/mol. The van der Waals surface area contributed by atoms with E-state index in [2.05, 4.69) is 17.2 Å². The number of aliphatic hydroxyl groups is 1. The molecule has 1 amide bonds. The zero-order chi connectivity index (χ0) is 15.1. The standard InChI is InChI=1S/C17H21NO3/c1-17(10-6-12-21-17)13-18-16(20)15-9-3-2-7-14(15)8-4-5-11-19/h2-3,7,9,19H,5-6,10-13H2,1H3,(H,18,20). The summed E-state index contributed by atoms with van der Waals surface area (Å²) in [5.41, 5.74) is 0.984. The van der Waals surface area contributed by atoms with Crippen LogP contribution in [-0.4, -0.2) is 36.4 Å². The van der Waals surface area contributed by atoms with Crippen molar-refractivity contribution >= 4 is 5.91 Å². The van der Waals surface area contributed by atoms with Gasteiger partial charge in [-0.15, -0.1) is 0 Å². The molecule has 1 unspecified atom stereocenters. The summed E-state index contributed by atoms with van der Waals surface area (Å²) in [6.07, 6.45) is 2.41. The topological polar surface area (TPSA) is 58.6 Å². The maximum Gasteiger partial charge on any atom is 0.252 e. The molecule has 1 aromatic carbocycles. The van der Waals surface area contributed by atoms with Gasteiger partial charge in [0.2, 0.25) is 0 Å². The Morgan fingerprint density at radius 1 is 1.48 bits per heavy atom. The van der Waals surface area contributed by atoms with Crippen molar-refractivity contribution in [2.24, 2.45) is 0 Å². The lowest BCUT2D eigenvalue weighted by atomic mass is 10.0. The highest BCUT2D eigenvalue weighted by Gasteiger charge is 2.30. The minimum absolute atomic E-state index is 0.0249. The molecule has 4 heteroatoms. The van der Waals surface area contributed by atoms with E-state index in [9.17, 15) is 4.79 Å². The molecule has 1 saturated heterocycles. The van der Waals surface area contributed by atoms with Crippen LogP contribution in [0, 0.1) is 11.8 Å². The second-order valence-corrected chi connectivity index (χ2v) is 5.41. The molecule has 0 radical (unpaired) electrons. The van der Waals surface area contributed by atoms with Crippen molar-refractivity contribution in [3.8, 4) is 11.8 Å². The second kappa shape index (κ2) is 7.26. The number of ether oxygens (including phenoxy) is 1. The summed E-state index contributed by atoms with van der Waals surface area (Å²) in [6.45, 7) is 3.31. The smallest absolute Gasteiger partial charge is 0.252 e. The van der Waals surface area contributed by atoms with Gasteiger partial charge < -0.3 is 15.2 Å². The number of hydrogen-bond acceptors (Lipinski definition) is 3. The molecule has 112 valence electrons. The molecule has 0 bridgehead atoms. The van der Waals surface area contributed by atoms with Crippen LogP contribution in [0.25, 0.3) is 0 Å². The van der Waals surface area contributed by atoms with Gasteiger partial charge in [0.25, 0.3) is 5.91 Å². The Morgan fingerprint density at radius 2 is 2.29 bits per heavy atom.